The largest absolute Gasteiger partial charge is 0.507 e. The van der Waals surface area contributed by atoms with Gasteiger partial charge in [0.25, 0.3) is 11.7 Å². The molecular weight excluding hydrogens is 388 g/mol. The van der Waals surface area contributed by atoms with Gasteiger partial charge in [0.05, 0.1) is 11.6 Å². The minimum Gasteiger partial charge on any atom is -0.507 e. The van der Waals surface area contributed by atoms with Crippen molar-refractivity contribution in [3.63, 3.8) is 0 Å². The molecule has 2 heterocycles. The summed E-state index contributed by atoms with van der Waals surface area (Å²) in [6.45, 7) is 0.167. The van der Waals surface area contributed by atoms with Crippen LogP contribution < -0.4 is 0 Å². The van der Waals surface area contributed by atoms with Gasteiger partial charge in [-0.1, -0.05) is 66.2 Å². The highest BCUT2D eigenvalue weighted by molar-refractivity contribution is 6.46. The van der Waals surface area contributed by atoms with Crippen molar-refractivity contribution in [3.05, 3.63) is 106 Å². The summed E-state index contributed by atoms with van der Waals surface area (Å²) in [7, 11) is 0. The number of aromatic nitrogens is 1. The van der Waals surface area contributed by atoms with E-state index in [0.29, 0.717) is 16.1 Å². The van der Waals surface area contributed by atoms with Crippen LogP contribution in [0.15, 0.2) is 84.7 Å². The van der Waals surface area contributed by atoms with Crippen LogP contribution in [0.2, 0.25) is 5.02 Å². The van der Waals surface area contributed by atoms with Crippen LogP contribution in [0.1, 0.15) is 22.7 Å². The molecule has 1 aliphatic rings. The summed E-state index contributed by atoms with van der Waals surface area (Å²) in [6.07, 6.45) is 3.28. The van der Waals surface area contributed by atoms with E-state index in [1.165, 1.54) is 4.90 Å². The van der Waals surface area contributed by atoms with Gasteiger partial charge in [0.15, 0.2) is 0 Å². The van der Waals surface area contributed by atoms with Gasteiger partial charge in [0, 0.05) is 29.5 Å². The summed E-state index contributed by atoms with van der Waals surface area (Å²) >= 11 is 6.42. The number of pyridine rings is 1. The first-order valence-corrected chi connectivity index (χ1v) is 9.43. The van der Waals surface area contributed by atoms with Crippen LogP contribution >= 0.6 is 11.6 Å². The Morgan fingerprint density at radius 1 is 1.00 bits per heavy atom. The second-order valence-electron chi connectivity index (χ2n) is 6.68. The number of rotatable bonds is 4. The number of hydrogen-bond acceptors (Lipinski definition) is 4. The molecule has 0 bridgehead atoms. The predicted octanol–water partition coefficient (Wildman–Crippen LogP) is 4.36. The maximum atomic E-state index is 12.9. The average Bonchev–Trinajstić information content (AvgIpc) is 3.00. The SMILES string of the molecule is O=C1C(=O)N(Cc2cccnc2)[C@H](c2ccccc2Cl)/C1=C(\O)c1ccccc1. The lowest BCUT2D eigenvalue weighted by atomic mass is 9.95. The summed E-state index contributed by atoms with van der Waals surface area (Å²) in [5.74, 6) is -1.64. The van der Waals surface area contributed by atoms with Gasteiger partial charge >= 0.3 is 0 Å². The molecule has 3 aromatic rings. The van der Waals surface area contributed by atoms with Crippen molar-refractivity contribution in [3.8, 4) is 0 Å². The highest BCUT2D eigenvalue weighted by atomic mass is 35.5. The maximum Gasteiger partial charge on any atom is 0.295 e. The third kappa shape index (κ3) is 3.52. The number of halogens is 1. The van der Waals surface area contributed by atoms with Gasteiger partial charge in [0.1, 0.15) is 5.76 Å². The fraction of sp³-hybridized carbons (Fsp3) is 0.0870. The monoisotopic (exact) mass is 404 g/mol. The van der Waals surface area contributed by atoms with Crippen LogP contribution in [0.5, 0.6) is 0 Å². The molecule has 29 heavy (non-hydrogen) atoms. The molecule has 1 fully saturated rings. The van der Waals surface area contributed by atoms with Crippen molar-refractivity contribution in [2.45, 2.75) is 12.6 Å². The van der Waals surface area contributed by atoms with Crippen molar-refractivity contribution in [2.75, 3.05) is 0 Å². The molecule has 0 unspecified atom stereocenters. The molecule has 1 saturated heterocycles. The molecule has 1 aromatic heterocycles. The van der Waals surface area contributed by atoms with E-state index < -0.39 is 17.7 Å². The topological polar surface area (TPSA) is 70.5 Å². The Balaban J connectivity index is 1.89. The van der Waals surface area contributed by atoms with Crippen molar-refractivity contribution >= 4 is 29.1 Å². The second-order valence-corrected chi connectivity index (χ2v) is 7.08. The molecule has 1 amide bonds. The number of nitrogens with zero attached hydrogens (tertiary/aromatic N) is 2. The lowest BCUT2D eigenvalue weighted by Crippen LogP contribution is -2.29. The Labute approximate surface area is 172 Å². The Morgan fingerprint density at radius 2 is 1.72 bits per heavy atom. The van der Waals surface area contributed by atoms with Crippen LogP contribution in [0, 0.1) is 0 Å². The molecule has 2 aromatic carbocycles. The Bertz CT molecular complexity index is 1100. The first-order valence-electron chi connectivity index (χ1n) is 9.05. The highest BCUT2D eigenvalue weighted by Gasteiger charge is 2.46. The standard InChI is InChI=1S/C23H17ClN2O3/c24-18-11-5-4-10-17(18)20-19(21(27)16-8-2-1-3-9-16)22(28)23(29)26(20)14-15-7-6-12-25-13-15/h1-13,20,27H,14H2/b21-19+/t20-/m1/s1. The number of benzene rings is 2. The molecular formula is C23H17ClN2O3. The molecule has 1 atom stereocenters. The summed E-state index contributed by atoms with van der Waals surface area (Å²) < 4.78 is 0. The van der Waals surface area contributed by atoms with Gasteiger partial charge in [-0.25, -0.2) is 0 Å². The van der Waals surface area contributed by atoms with Crippen LogP contribution in [0.4, 0.5) is 0 Å². The van der Waals surface area contributed by atoms with E-state index in [1.807, 2.05) is 12.1 Å². The molecule has 6 heteroatoms. The van der Waals surface area contributed by atoms with E-state index in [-0.39, 0.29) is 17.9 Å². The zero-order chi connectivity index (χ0) is 20.4. The van der Waals surface area contributed by atoms with Gasteiger partial charge in [-0.3, -0.25) is 14.6 Å². The molecule has 144 valence electrons. The third-order valence-electron chi connectivity index (χ3n) is 4.86. The van der Waals surface area contributed by atoms with Gasteiger partial charge in [-0.15, -0.1) is 0 Å². The zero-order valence-electron chi connectivity index (χ0n) is 15.3. The number of carbonyl (C=O) groups excluding carboxylic acids is 2. The Hall–Kier alpha value is -3.44. The van der Waals surface area contributed by atoms with Crippen LogP contribution in [-0.4, -0.2) is 26.7 Å². The lowest BCUT2D eigenvalue weighted by molar-refractivity contribution is -0.140. The highest BCUT2D eigenvalue weighted by Crippen LogP contribution is 2.42. The number of likely N-dealkylation sites (tertiary alicyclic amines) is 1. The average molecular weight is 405 g/mol. The molecule has 0 saturated carbocycles. The van der Waals surface area contributed by atoms with Crippen molar-refractivity contribution in [1.29, 1.82) is 0 Å². The normalized spacial score (nSPS) is 18.2. The maximum absolute atomic E-state index is 12.9. The molecule has 5 nitrogen and oxygen atoms in total. The van der Waals surface area contributed by atoms with Crippen LogP contribution in [-0.2, 0) is 16.1 Å². The van der Waals surface area contributed by atoms with Crippen molar-refractivity contribution in [1.82, 2.24) is 9.88 Å². The second kappa shape index (κ2) is 7.89. The number of aliphatic hydroxyl groups is 1. The van der Waals surface area contributed by atoms with Gasteiger partial charge in [0.2, 0.25) is 0 Å². The minimum absolute atomic E-state index is 0.0261. The molecule has 0 radical (unpaired) electrons. The summed E-state index contributed by atoms with van der Waals surface area (Å²) in [4.78, 5) is 31.4. The molecule has 0 aliphatic carbocycles. The number of ketones is 1. The summed E-state index contributed by atoms with van der Waals surface area (Å²) in [5, 5.41) is 11.4. The van der Waals surface area contributed by atoms with Crippen molar-refractivity contribution in [2.24, 2.45) is 0 Å². The van der Waals surface area contributed by atoms with E-state index in [1.54, 1.807) is 67.0 Å². The first kappa shape index (κ1) is 18.9. The quantitative estimate of drug-likeness (QED) is 0.398. The molecule has 4 rings (SSSR count). The fourth-order valence-electron chi connectivity index (χ4n) is 3.50. The first-order chi connectivity index (χ1) is 14.1. The summed E-state index contributed by atoms with van der Waals surface area (Å²) in [5.41, 5.74) is 1.84. The van der Waals surface area contributed by atoms with Gasteiger partial charge < -0.3 is 10.0 Å². The Morgan fingerprint density at radius 3 is 2.41 bits per heavy atom. The zero-order valence-corrected chi connectivity index (χ0v) is 16.1. The number of Topliss-reactive ketones (excluding diaryl/α,β-unsaturated/α-hetero) is 1. The van der Waals surface area contributed by atoms with Crippen LogP contribution in [0.3, 0.4) is 0 Å². The minimum atomic E-state index is -0.802. The number of carbonyl (C=O) groups is 2. The van der Waals surface area contributed by atoms with E-state index >= 15 is 0 Å². The smallest absolute Gasteiger partial charge is 0.295 e. The third-order valence-corrected chi connectivity index (χ3v) is 5.21. The number of amides is 1. The predicted molar refractivity (Wildman–Crippen MR) is 110 cm³/mol. The van der Waals surface area contributed by atoms with E-state index in [9.17, 15) is 14.7 Å². The number of hydrogen-bond donors (Lipinski definition) is 1. The van der Waals surface area contributed by atoms with E-state index in [2.05, 4.69) is 4.98 Å². The summed E-state index contributed by atoms with van der Waals surface area (Å²) in [6, 6.07) is 18.5. The molecule has 1 aliphatic heterocycles. The van der Waals surface area contributed by atoms with E-state index in [0.717, 1.165) is 5.56 Å². The molecule has 0 spiro atoms. The van der Waals surface area contributed by atoms with Crippen molar-refractivity contribution < 1.29 is 14.7 Å². The van der Waals surface area contributed by atoms with Crippen LogP contribution in [0.25, 0.3) is 5.76 Å². The fourth-order valence-corrected chi connectivity index (χ4v) is 3.74. The Kier molecular flexibility index (Phi) is 5.14. The van der Waals surface area contributed by atoms with E-state index in [4.69, 9.17) is 11.6 Å². The van der Waals surface area contributed by atoms with Gasteiger partial charge in [-0.05, 0) is 23.3 Å². The van der Waals surface area contributed by atoms with Gasteiger partial charge in [-0.2, -0.15) is 0 Å². The number of aliphatic hydroxyl groups excluding tert-OH is 1. The molecule has 1 N–H and O–H groups in total. The lowest BCUT2D eigenvalue weighted by Gasteiger charge is -2.26.